The van der Waals surface area contributed by atoms with Crippen LogP contribution in [-0.2, 0) is 4.84 Å². The Labute approximate surface area is 90.7 Å². The lowest BCUT2D eigenvalue weighted by atomic mass is 10.2. The summed E-state index contributed by atoms with van der Waals surface area (Å²) in [6.45, 7) is 3.22. The Morgan fingerprint density at radius 1 is 1.40 bits per heavy atom. The average Bonchev–Trinajstić information content (AvgIpc) is 2.26. The molecule has 0 aliphatic heterocycles. The Balaban J connectivity index is 2.53. The quantitative estimate of drug-likeness (QED) is 0.573. The SMILES string of the molecule is CCOc1cccc(/C=C/CONC)c1. The Kier molecular flexibility index (Phi) is 5.51. The summed E-state index contributed by atoms with van der Waals surface area (Å²) in [4.78, 5) is 4.96. The molecule has 0 aliphatic carbocycles. The second-order valence-corrected chi connectivity index (χ2v) is 2.92. The number of hydroxylamine groups is 1. The fourth-order valence-electron chi connectivity index (χ4n) is 1.19. The van der Waals surface area contributed by atoms with E-state index in [-0.39, 0.29) is 0 Å². The largest absolute Gasteiger partial charge is 0.494 e. The van der Waals surface area contributed by atoms with Crippen LogP contribution in [0.2, 0.25) is 0 Å². The molecule has 1 N–H and O–H groups in total. The maximum Gasteiger partial charge on any atom is 0.119 e. The molecule has 0 spiro atoms. The van der Waals surface area contributed by atoms with Crippen molar-refractivity contribution in [2.45, 2.75) is 6.92 Å². The van der Waals surface area contributed by atoms with Crippen LogP contribution >= 0.6 is 0 Å². The van der Waals surface area contributed by atoms with Gasteiger partial charge >= 0.3 is 0 Å². The van der Waals surface area contributed by atoms with E-state index in [0.717, 1.165) is 11.3 Å². The van der Waals surface area contributed by atoms with E-state index >= 15 is 0 Å². The van der Waals surface area contributed by atoms with E-state index in [2.05, 4.69) is 5.48 Å². The third kappa shape index (κ3) is 4.63. The summed E-state index contributed by atoms with van der Waals surface area (Å²) >= 11 is 0. The Hall–Kier alpha value is -1.32. The van der Waals surface area contributed by atoms with Crippen LogP contribution in [0.25, 0.3) is 6.08 Å². The topological polar surface area (TPSA) is 30.5 Å². The number of ether oxygens (including phenoxy) is 1. The first-order valence-electron chi connectivity index (χ1n) is 5.04. The number of nitrogens with one attached hydrogen (secondary N) is 1. The van der Waals surface area contributed by atoms with Crippen molar-refractivity contribution in [3.63, 3.8) is 0 Å². The van der Waals surface area contributed by atoms with E-state index in [1.54, 1.807) is 7.05 Å². The second-order valence-electron chi connectivity index (χ2n) is 2.92. The van der Waals surface area contributed by atoms with Crippen molar-refractivity contribution in [3.8, 4) is 5.75 Å². The zero-order chi connectivity index (χ0) is 10.9. The number of hydrogen-bond acceptors (Lipinski definition) is 3. The van der Waals surface area contributed by atoms with Crippen molar-refractivity contribution in [2.24, 2.45) is 0 Å². The van der Waals surface area contributed by atoms with E-state index in [4.69, 9.17) is 9.57 Å². The Morgan fingerprint density at radius 3 is 3.00 bits per heavy atom. The van der Waals surface area contributed by atoms with Crippen LogP contribution in [0.15, 0.2) is 30.3 Å². The van der Waals surface area contributed by atoms with E-state index in [1.165, 1.54) is 0 Å². The first-order valence-corrected chi connectivity index (χ1v) is 5.04. The highest BCUT2D eigenvalue weighted by molar-refractivity contribution is 5.51. The molecule has 0 heterocycles. The molecule has 0 radical (unpaired) electrons. The minimum absolute atomic E-state index is 0.551. The van der Waals surface area contributed by atoms with Crippen molar-refractivity contribution in [1.82, 2.24) is 5.48 Å². The molecule has 0 saturated heterocycles. The maximum atomic E-state index is 5.40. The van der Waals surface area contributed by atoms with Crippen LogP contribution in [0.1, 0.15) is 12.5 Å². The number of rotatable bonds is 6. The lowest BCUT2D eigenvalue weighted by Gasteiger charge is -2.03. The third-order valence-corrected chi connectivity index (χ3v) is 1.80. The first-order chi connectivity index (χ1) is 7.36. The van der Waals surface area contributed by atoms with Gasteiger partial charge in [0.15, 0.2) is 0 Å². The van der Waals surface area contributed by atoms with Crippen molar-refractivity contribution in [2.75, 3.05) is 20.3 Å². The van der Waals surface area contributed by atoms with E-state index < -0.39 is 0 Å². The standard InChI is InChI=1S/C12H17NO2/c1-3-14-12-8-4-6-11(10-12)7-5-9-15-13-2/h4-8,10,13H,3,9H2,1-2H3/b7-5+. The molecule has 82 valence electrons. The monoisotopic (exact) mass is 207 g/mol. The van der Waals surface area contributed by atoms with E-state index in [0.29, 0.717) is 13.2 Å². The highest BCUT2D eigenvalue weighted by Gasteiger charge is 1.92. The van der Waals surface area contributed by atoms with Crippen molar-refractivity contribution < 1.29 is 9.57 Å². The predicted octanol–water partition coefficient (Wildman–Crippen LogP) is 2.25. The van der Waals surface area contributed by atoms with Gasteiger partial charge in [0.2, 0.25) is 0 Å². The Bertz CT molecular complexity index is 310. The molecule has 1 rings (SSSR count). The molecule has 0 bridgehead atoms. The molecule has 0 aliphatic rings. The lowest BCUT2D eigenvalue weighted by Crippen LogP contribution is -2.06. The summed E-state index contributed by atoms with van der Waals surface area (Å²) < 4.78 is 5.40. The zero-order valence-electron chi connectivity index (χ0n) is 9.19. The number of benzene rings is 1. The van der Waals surface area contributed by atoms with Crippen molar-refractivity contribution in [1.29, 1.82) is 0 Å². The van der Waals surface area contributed by atoms with Gasteiger partial charge in [-0.1, -0.05) is 24.3 Å². The van der Waals surface area contributed by atoms with Gasteiger partial charge in [0, 0.05) is 7.05 Å². The van der Waals surface area contributed by atoms with Gasteiger partial charge in [0.1, 0.15) is 5.75 Å². The molecular formula is C12H17NO2. The third-order valence-electron chi connectivity index (χ3n) is 1.80. The highest BCUT2D eigenvalue weighted by atomic mass is 16.6. The summed E-state index contributed by atoms with van der Waals surface area (Å²) in [5.41, 5.74) is 3.72. The minimum atomic E-state index is 0.551. The average molecular weight is 207 g/mol. The summed E-state index contributed by atoms with van der Waals surface area (Å²) in [5.74, 6) is 0.897. The van der Waals surface area contributed by atoms with Crippen LogP contribution < -0.4 is 10.2 Å². The molecule has 1 aromatic rings. The summed E-state index contributed by atoms with van der Waals surface area (Å²) in [6, 6.07) is 7.95. The molecule has 0 atom stereocenters. The van der Waals surface area contributed by atoms with Crippen LogP contribution in [0.3, 0.4) is 0 Å². The van der Waals surface area contributed by atoms with Gasteiger partial charge in [-0.3, -0.25) is 4.84 Å². The fraction of sp³-hybridized carbons (Fsp3) is 0.333. The van der Waals surface area contributed by atoms with Crippen molar-refractivity contribution >= 4 is 6.08 Å². The molecule has 1 aromatic carbocycles. The predicted molar refractivity (Wildman–Crippen MR) is 61.7 cm³/mol. The summed E-state index contributed by atoms with van der Waals surface area (Å²) in [7, 11) is 1.74. The Morgan fingerprint density at radius 2 is 2.27 bits per heavy atom. The summed E-state index contributed by atoms with van der Waals surface area (Å²) in [6.07, 6.45) is 3.95. The van der Waals surface area contributed by atoms with Gasteiger partial charge in [0.05, 0.1) is 13.2 Å². The normalized spacial score (nSPS) is 10.8. The summed E-state index contributed by atoms with van der Waals surface area (Å²) in [5, 5.41) is 0. The second kappa shape index (κ2) is 7.04. The first kappa shape index (κ1) is 11.8. The van der Waals surface area contributed by atoms with E-state index in [1.807, 2.05) is 43.3 Å². The van der Waals surface area contributed by atoms with Gasteiger partial charge in [-0.15, -0.1) is 0 Å². The van der Waals surface area contributed by atoms with Gasteiger partial charge in [-0.05, 0) is 24.6 Å². The zero-order valence-corrected chi connectivity index (χ0v) is 9.19. The smallest absolute Gasteiger partial charge is 0.119 e. The maximum absolute atomic E-state index is 5.40. The minimum Gasteiger partial charge on any atom is -0.494 e. The molecule has 3 heteroatoms. The van der Waals surface area contributed by atoms with E-state index in [9.17, 15) is 0 Å². The molecular weight excluding hydrogens is 190 g/mol. The molecule has 0 saturated carbocycles. The van der Waals surface area contributed by atoms with Crippen LogP contribution in [0.4, 0.5) is 0 Å². The molecule has 15 heavy (non-hydrogen) atoms. The van der Waals surface area contributed by atoms with Gasteiger partial charge in [-0.25, -0.2) is 5.48 Å². The van der Waals surface area contributed by atoms with Crippen LogP contribution in [0, 0.1) is 0 Å². The highest BCUT2D eigenvalue weighted by Crippen LogP contribution is 2.14. The lowest BCUT2D eigenvalue weighted by molar-refractivity contribution is 0.0814. The van der Waals surface area contributed by atoms with Crippen LogP contribution in [-0.4, -0.2) is 20.3 Å². The fourth-order valence-corrected chi connectivity index (χ4v) is 1.19. The van der Waals surface area contributed by atoms with Gasteiger partial charge in [-0.2, -0.15) is 0 Å². The molecule has 3 nitrogen and oxygen atoms in total. The molecule has 0 fully saturated rings. The molecule has 0 aromatic heterocycles. The van der Waals surface area contributed by atoms with Crippen molar-refractivity contribution in [3.05, 3.63) is 35.9 Å². The van der Waals surface area contributed by atoms with Gasteiger partial charge < -0.3 is 4.74 Å². The molecule has 0 amide bonds. The van der Waals surface area contributed by atoms with Gasteiger partial charge in [0.25, 0.3) is 0 Å². The number of hydrogen-bond donors (Lipinski definition) is 1. The van der Waals surface area contributed by atoms with Crippen LogP contribution in [0.5, 0.6) is 5.75 Å². The molecule has 0 unspecified atom stereocenters.